The molecular weight excluding hydrogens is 282 g/mol. The third-order valence-corrected chi connectivity index (χ3v) is 3.07. The maximum Gasteiger partial charge on any atom is 0.310 e. The molecule has 0 fully saturated rings. The summed E-state index contributed by atoms with van der Waals surface area (Å²) >= 11 is 5.96. The Morgan fingerprint density at radius 1 is 1.20 bits per heavy atom. The van der Waals surface area contributed by atoms with Crippen molar-refractivity contribution in [1.29, 1.82) is 0 Å². The lowest BCUT2D eigenvalue weighted by molar-refractivity contribution is -0.385. The van der Waals surface area contributed by atoms with Gasteiger partial charge in [-0.3, -0.25) is 10.1 Å². The molecule has 5 nitrogen and oxygen atoms in total. The molecular formula is C14H12ClNO4. The van der Waals surface area contributed by atoms with Gasteiger partial charge in [-0.05, 0) is 12.1 Å². The van der Waals surface area contributed by atoms with E-state index in [0.29, 0.717) is 10.6 Å². The number of aliphatic hydroxyl groups is 1. The SMILES string of the molecule is O=[N+]([O-])c1ccccc1OCC(O)c1ccccc1Cl. The molecule has 1 unspecified atom stereocenters. The highest BCUT2D eigenvalue weighted by atomic mass is 35.5. The molecule has 6 heteroatoms. The van der Waals surface area contributed by atoms with Gasteiger partial charge >= 0.3 is 5.69 Å². The van der Waals surface area contributed by atoms with Crippen LogP contribution in [0.2, 0.25) is 5.02 Å². The minimum Gasteiger partial charge on any atom is -0.484 e. The monoisotopic (exact) mass is 293 g/mol. The van der Waals surface area contributed by atoms with Crippen LogP contribution in [0.5, 0.6) is 5.75 Å². The predicted molar refractivity (Wildman–Crippen MR) is 75.0 cm³/mol. The number of hydrogen-bond donors (Lipinski definition) is 1. The van der Waals surface area contributed by atoms with Crippen LogP contribution in [0.4, 0.5) is 5.69 Å². The second-order valence-corrected chi connectivity index (χ2v) is 4.48. The van der Waals surface area contributed by atoms with Gasteiger partial charge in [0.05, 0.1) is 4.92 Å². The van der Waals surface area contributed by atoms with Crippen LogP contribution in [0.25, 0.3) is 0 Å². The largest absolute Gasteiger partial charge is 0.484 e. The Balaban J connectivity index is 2.10. The molecule has 2 aromatic carbocycles. The fourth-order valence-corrected chi connectivity index (χ4v) is 2.00. The maximum atomic E-state index is 10.8. The summed E-state index contributed by atoms with van der Waals surface area (Å²) in [5, 5.41) is 21.3. The second kappa shape index (κ2) is 6.36. The van der Waals surface area contributed by atoms with Crippen LogP contribution in [0.15, 0.2) is 48.5 Å². The number of para-hydroxylation sites is 2. The molecule has 1 atom stereocenters. The van der Waals surface area contributed by atoms with Crippen molar-refractivity contribution >= 4 is 17.3 Å². The summed E-state index contributed by atoms with van der Waals surface area (Å²) < 4.78 is 5.32. The van der Waals surface area contributed by atoms with E-state index in [4.69, 9.17) is 16.3 Å². The second-order valence-electron chi connectivity index (χ2n) is 4.07. The van der Waals surface area contributed by atoms with Crippen LogP contribution < -0.4 is 4.74 Å². The number of nitro benzene ring substituents is 1. The quantitative estimate of drug-likeness (QED) is 0.677. The van der Waals surface area contributed by atoms with Crippen LogP contribution >= 0.6 is 11.6 Å². The molecule has 0 saturated carbocycles. The van der Waals surface area contributed by atoms with Crippen molar-refractivity contribution in [2.24, 2.45) is 0 Å². The molecule has 0 aliphatic heterocycles. The van der Waals surface area contributed by atoms with E-state index in [1.165, 1.54) is 12.1 Å². The standard InChI is InChI=1S/C14H12ClNO4/c15-11-6-2-1-5-10(11)13(17)9-20-14-8-4-3-7-12(14)16(18)19/h1-8,13,17H,9H2. The van der Waals surface area contributed by atoms with Crippen molar-refractivity contribution in [3.63, 3.8) is 0 Å². The third-order valence-electron chi connectivity index (χ3n) is 2.72. The summed E-state index contributed by atoms with van der Waals surface area (Å²) in [5.74, 6) is 0.114. The van der Waals surface area contributed by atoms with Gasteiger partial charge in [-0.1, -0.05) is 41.9 Å². The fourth-order valence-electron chi connectivity index (χ4n) is 1.73. The van der Waals surface area contributed by atoms with Gasteiger partial charge in [0.25, 0.3) is 0 Å². The summed E-state index contributed by atoms with van der Waals surface area (Å²) in [5.41, 5.74) is 0.381. The Hall–Kier alpha value is -2.11. The Bertz CT molecular complexity index is 618. The van der Waals surface area contributed by atoms with Crippen LogP contribution in [-0.2, 0) is 0 Å². The first-order chi connectivity index (χ1) is 9.59. The molecule has 0 spiro atoms. The number of rotatable bonds is 5. The molecule has 0 aliphatic rings. The highest BCUT2D eigenvalue weighted by Gasteiger charge is 2.17. The van der Waals surface area contributed by atoms with Crippen molar-refractivity contribution in [2.75, 3.05) is 6.61 Å². The van der Waals surface area contributed by atoms with Gasteiger partial charge in [0.2, 0.25) is 0 Å². The molecule has 1 N–H and O–H groups in total. The van der Waals surface area contributed by atoms with Gasteiger partial charge in [-0.2, -0.15) is 0 Å². The van der Waals surface area contributed by atoms with E-state index in [9.17, 15) is 15.2 Å². The maximum absolute atomic E-state index is 10.8. The van der Waals surface area contributed by atoms with Crippen molar-refractivity contribution in [3.05, 3.63) is 69.2 Å². The first-order valence-electron chi connectivity index (χ1n) is 5.88. The molecule has 0 aliphatic carbocycles. The fraction of sp³-hybridized carbons (Fsp3) is 0.143. The van der Waals surface area contributed by atoms with Crippen LogP contribution in [0.1, 0.15) is 11.7 Å². The van der Waals surface area contributed by atoms with E-state index >= 15 is 0 Å². The minimum atomic E-state index is -0.955. The van der Waals surface area contributed by atoms with Crippen molar-refractivity contribution in [1.82, 2.24) is 0 Å². The van der Waals surface area contributed by atoms with Crippen LogP contribution in [-0.4, -0.2) is 16.6 Å². The van der Waals surface area contributed by atoms with Crippen molar-refractivity contribution < 1.29 is 14.8 Å². The average molecular weight is 294 g/mol. The number of nitrogens with zero attached hydrogens (tertiary/aromatic N) is 1. The minimum absolute atomic E-state index is 0.114. The molecule has 0 saturated heterocycles. The van der Waals surface area contributed by atoms with Gasteiger partial charge in [0, 0.05) is 16.7 Å². The summed E-state index contributed by atoms with van der Waals surface area (Å²) in [4.78, 5) is 10.3. The highest BCUT2D eigenvalue weighted by Crippen LogP contribution is 2.28. The Morgan fingerprint density at radius 3 is 2.55 bits per heavy atom. The normalized spacial score (nSPS) is 11.9. The van der Waals surface area contributed by atoms with E-state index in [1.54, 1.807) is 36.4 Å². The molecule has 0 bridgehead atoms. The zero-order valence-electron chi connectivity index (χ0n) is 10.4. The van der Waals surface area contributed by atoms with Gasteiger partial charge in [0.1, 0.15) is 12.7 Å². The van der Waals surface area contributed by atoms with Crippen molar-refractivity contribution in [3.8, 4) is 5.75 Å². The number of halogens is 1. The molecule has 0 radical (unpaired) electrons. The van der Waals surface area contributed by atoms with Gasteiger partial charge in [0.15, 0.2) is 5.75 Å². The first-order valence-corrected chi connectivity index (χ1v) is 6.26. The van der Waals surface area contributed by atoms with Crippen molar-refractivity contribution in [2.45, 2.75) is 6.10 Å². The molecule has 104 valence electrons. The van der Waals surface area contributed by atoms with Crippen LogP contribution in [0.3, 0.4) is 0 Å². The van der Waals surface area contributed by atoms with E-state index in [1.807, 2.05) is 0 Å². The van der Waals surface area contributed by atoms with E-state index in [0.717, 1.165) is 0 Å². The lowest BCUT2D eigenvalue weighted by Gasteiger charge is -2.13. The molecule has 2 rings (SSSR count). The number of benzene rings is 2. The average Bonchev–Trinajstić information content (AvgIpc) is 2.45. The zero-order chi connectivity index (χ0) is 14.5. The third kappa shape index (κ3) is 3.26. The highest BCUT2D eigenvalue weighted by molar-refractivity contribution is 6.31. The summed E-state index contributed by atoms with van der Waals surface area (Å²) in [6.45, 7) is -0.116. The Kier molecular flexibility index (Phi) is 4.55. The number of hydrogen-bond acceptors (Lipinski definition) is 4. The number of ether oxygens (including phenoxy) is 1. The molecule has 0 amide bonds. The first kappa shape index (κ1) is 14.3. The summed E-state index contributed by atoms with van der Waals surface area (Å²) in [7, 11) is 0. The smallest absolute Gasteiger partial charge is 0.310 e. The Morgan fingerprint density at radius 2 is 1.85 bits per heavy atom. The summed E-state index contributed by atoms with van der Waals surface area (Å²) in [6, 6.07) is 12.8. The van der Waals surface area contributed by atoms with E-state index in [2.05, 4.69) is 0 Å². The lowest BCUT2D eigenvalue weighted by Crippen LogP contribution is -2.10. The lowest BCUT2D eigenvalue weighted by atomic mass is 10.1. The van der Waals surface area contributed by atoms with E-state index in [-0.39, 0.29) is 18.0 Å². The predicted octanol–water partition coefficient (Wildman–Crippen LogP) is 3.36. The molecule has 0 aromatic heterocycles. The Labute approximate surface area is 120 Å². The molecule has 20 heavy (non-hydrogen) atoms. The number of aliphatic hydroxyl groups excluding tert-OH is 1. The van der Waals surface area contributed by atoms with Crippen LogP contribution in [0, 0.1) is 10.1 Å². The zero-order valence-corrected chi connectivity index (χ0v) is 11.2. The van der Waals surface area contributed by atoms with Gasteiger partial charge in [-0.15, -0.1) is 0 Å². The topological polar surface area (TPSA) is 72.6 Å². The van der Waals surface area contributed by atoms with E-state index < -0.39 is 11.0 Å². The number of nitro groups is 1. The van der Waals surface area contributed by atoms with Gasteiger partial charge < -0.3 is 9.84 Å². The molecule has 2 aromatic rings. The molecule has 0 heterocycles. The van der Waals surface area contributed by atoms with Gasteiger partial charge in [-0.25, -0.2) is 0 Å². The summed E-state index contributed by atoms with van der Waals surface area (Å²) in [6.07, 6.45) is -0.955.